The van der Waals surface area contributed by atoms with Gasteiger partial charge in [0.05, 0.1) is 0 Å². The van der Waals surface area contributed by atoms with Crippen LogP contribution in [-0.4, -0.2) is 37.5 Å². The van der Waals surface area contributed by atoms with Gasteiger partial charge in [0.15, 0.2) is 0 Å². The van der Waals surface area contributed by atoms with Crippen molar-refractivity contribution in [2.75, 3.05) is 26.7 Å². The quantitative estimate of drug-likeness (QED) is 0.560. The number of hydrogen-bond acceptors (Lipinski definition) is 2. The van der Waals surface area contributed by atoms with Crippen LogP contribution in [0.25, 0.3) is 0 Å². The molecule has 0 spiro atoms. The number of amides is 1. The first-order valence-electron chi connectivity index (χ1n) is 5.37. The molecule has 1 rings (SSSR count). The van der Waals surface area contributed by atoms with Crippen molar-refractivity contribution < 1.29 is 4.79 Å². The normalized spacial score (nSPS) is 16.9. The van der Waals surface area contributed by atoms with E-state index in [0.717, 1.165) is 25.1 Å². The molecule has 1 aliphatic rings. The van der Waals surface area contributed by atoms with Gasteiger partial charge >= 0.3 is 0 Å². The Morgan fingerprint density at radius 2 is 2.33 bits per heavy atom. The van der Waals surface area contributed by atoms with E-state index in [-0.39, 0.29) is 5.91 Å². The summed E-state index contributed by atoms with van der Waals surface area (Å²) in [4.78, 5) is 13.6. The zero-order valence-electron chi connectivity index (χ0n) is 9.84. The second-order valence-electron chi connectivity index (χ2n) is 4.31. The van der Waals surface area contributed by atoms with E-state index in [2.05, 4.69) is 23.3 Å². The van der Waals surface area contributed by atoms with Crippen molar-refractivity contribution in [2.45, 2.75) is 20.3 Å². The number of carbonyl (C=O) groups is 1. The Labute approximate surface area is 91.8 Å². The van der Waals surface area contributed by atoms with E-state index in [4.69, 9.17) is 0 Å². The summed E-state index contributed by atoms with van der Waals surface area (Å²) in [5, 5.41) is 2.90. The number of allylic oxidation sites excluding steroid dienone is 1. The smallest absolute Gasteiger partial charge is 0.244 e. The number of nitrogens with one attached hydrogen (secondary N) is 1. The minimum Gasteiger partial charge on any atom is -0.349 e. The highest BCUT2D eigenvalue weighted by atomic mass is 16.1. The Morgan fingerprint density at radius 3 is 2.87 bits per heavy atom. The summed E-state index contributed by atoms with van der Waals surface area (Å²) in [5.41, 5.74) is 2.37. The molecule has 0 aromatic carbocycles. The molecule has 0 radical (unpaired) electrons. The summed E-state index contributed by atoms with van der Waals surface area (Å²) in [6.07, 6.45) is 4.90. The lowest BCUT2D eigenvalue weighted by molar-refractivity contribution is -0.116. The summed E-state index contributed by atoms with van der Waals surface area (Å²) < 4.78 is 0. The first-order valence-corrected chi connectivity index (χ1v) is 5.37. The Hall–Kier alpha value is -1.09. The van der Waals surface area contributed by atoms with Crippen LogP contribution in [-0.2, 0) is 4.79 Å². The van der Waals surface area contributed by atoms with Crippen LogP contribution in [0.15, 0.2) is 23.3 Å². The van der Waals surface area contributed by atoms with E-state index in [9.17, 15) is 4.79 Å². The molecule has 0 atom stereocenters. The van der Waals surface area contributed by atoms with Crippen LogP contribution < -0.4 is 5.32 Å². The molecule has 1 N–H and O–H groups in total. The van der Waals surface area contributed by atoms with E-state index < -0.39 is 0 Å². The second kappa shape index (κ2) is 5.71. The molecular formula is C12H20N2O. The van der Waals surface area contributed by atoms with Gasteiger partial charge in [-0.25, -0.2) is 0 Å². The first kappa shape index (κ1) is 12.0. The molecule has 0 aromatic rings. The predicted molar refractivity (Wildman–Crippen MR) is 62.6 cm³/mol. The van der Waals surface area contributed by atoms with Crippen LogP contribution in [0.4, 0.5) is 0 Å². The summed E-state index contributed by atoms with van der Waals surface area (Å²) in [7, 11) is 2.11. The minimum absolute atomic E-state index is 0.00910. The highest BCUT2D eigenvalue weighted by molar-refractivity contribution is 5.88. The van der Waals surface area contributed by atoms with Gasteiger partial charge in [-0.3, -0.25) is 4.79 Å². The minimum atomic E-state index is 0.00910. The molecule has 3 heteroatoms. The monoisotopic (exact) mass is 208 g/mol. The van der Waals surface area contributed by atoms with Gasteiger partial charge < -0.3 is 10.2 Å². The van der Waals surface area contributed by atoms with E-state index in [1.54, 1.807) is 6.08 Å². The maximum atomic E-state index is 11.3. The molecule has 0 saturated carbocycles. The second-order valence-corrected chi connectivity index (χ2v) is 4.31. The topological polar surface area (TPSA) is 32.3 Å². The van der Waals surface area contributed by atoms with Gasteiger partial charge in [0.25, 0.3) is 0 Å². The van der Waals surface area contributed by atoms with Gasteiger partial charge in [0.2, 0.25) is 5.91 Å². The molecule has 0 bridgehead atoms. The summed E-state index contributed by atoms with van der Waals surface area (Å²) in [5.74, 6) is 0.00910. The molecule has 15 heavy (non-hydrogen) atoms. The largest absolute Gasteiger partial charge is 0.349 e. The van der Waals surface area contributed by atoms with Gasteiger partial charge in [-0.05, 0) is 27.3 Å². The van der Waals surface area contributed by atoms with Crippen molar-refractivity contribution in [1.29, 1.82) is 0 Å². The Morgan fingerprint density at radius 1 is 1.60 bits per heavy atom. The molecule has 0 fully saturated rings. The highest BCUT2D eigenvalue weighted by Crippen LogP contribution is 2.07. The fourth-order valence-electron chi connectivity index (χ4n) is 1.49. The van der Waals surface area contributed by atoms with Gasteiger partial charge in [0.1, 0.15) is 0 Å². The first-order chi connectivity index (χ1) is 7.08. The Bertz CT molecular complexity index is 288. The van der Waals surface area contributed by atoms with Gasteiger partial charge in [-0.15, -0.1) is 0 Å². The number of hydrogen-bond donors (Lipinski definition) is 1. The van der Waals surface area contributed by atoms with E-state index in [1.807, 2.05) is 13.8 Å². The van der Waals surface area contributed by atoms with Crippen molar-refractivity contribution in [3.63, 3.8) is 0 Å². The molecule has 0 aliphatic carbocycles. The van der Waals surface area contributed by atoms with Crippen molar-refractivity contribution >= 4 is 5.91 Å². The van der Waals surface area contributed by atoms with Crippen LogP contribution in [0.5, 0.6) is 0 Å². The zero-order chi connectivity index (χ0) is 11.3. The predicted octanol–water partition coefficient (Wildman–Crippen LogP) is 1.33. The Kier molecular flexibility index (Phi) is 4.56. The molecule has 84 valence electrons. The third kappa shape index (κ3) is 4.79. The van der Waals surface area contributed by atoms with Gasteiger partial charge in [-0.1, -0.05) is 17.2 Å². The van der Waals surface area contributed by atoms with E-state index >= 15 is 0 Å². The van der Waals surface area contributed by atoms with Gasteiger partial charge in [-0.2, -0.15) is 0 Å². The molecule has 3 nitrogen and oxygen atoms in total. The number of rotatable bonds is 3. The Balaban J connectivity index is 2.32. The highest BCUT2D eigenvalue weighted by Gasteiger charge is 2.07. The van der Waals surface area contributed by atoms with Crippen molar-refractivity contribution in [1.82, 2.24) is 10.2 Å². The lowest BCUT2D eigenvalue weighted by Crippen LogP contribution is -2.29. The standard InChI is InChI=1S/C12H20N2O/c1-10(2)8-12(15)13-9-11-4-6-14(3)7-5-11/h4,8H,5-7,9H2,1-3H3,(H,13,15). The van der Waals surface area contributed by atoms with E-state index in [1.165, 1.54) is 5.57 Å². The molecule has 0 aromatic heterocycles. The number of likely N-dealkylation sites (N-methyl/N-ethyl adjacent to an activating group) is 1. The maximum Gasteiger partial charge on any atom is 0.244 e. The maximum absolute atomic E-state index is 11.3. The number of carbonyl (C=O) groups excluding carboxylic acids is 1. The van der Waals surface area contributed by atoms with Crippen molar-refractivity contribution in [3.05, 3.63) is 23.3 Å². The zero-order valence-corrected chi connectivity index (χ0v) is 9.84. The summed E-state index contributed by atoms with van der Waals surface area (Å²) >= 11 is 0. The third-order valence-corrected chi connectivity index (χ3v) is 2.42. The average Bonchev–Trinajstić information content (AvgIpc) is 2.16. The van der Waals surface area contributed by atoms with Gasteiger partial charge in [0, 0.05) is 25.7 Å². The van der Waals surface area contributed by atoms with Crippen molar-refractivity contribution in [2.24, 2.45) is 0 Å². The molecule has 1 amide bonds. The molecule has 0 saturated heterocycles. The molecule has 1 aliphatic heterocycles. The SMILES string of the molecule is CC(C)=CC(=O)NCC1=CCN(C)CC1. The average molecular weight is 208 g/mol. The van der Waals surface area contributed by atoms with Crippen molar-refractivity contribution in [3.8, 4) is 0 Å². The summed E-state index contributed by atoms with van der Waals surface area (Å²) in [6.45, 7) is 6.62. The fraction of sp³-hybridized carbons (Fsp3) is 0.583. The van der Waals surface area contributed by atoms with Crippen LogP contribution in [0.3, 0.4) is 0 Å². The van der Waals surface area contributed by atoms with Crippen LogP contribution in [0, 0.1) is 0 Å². The van der Waals surface area contributed by atoms with Crippen LogP contribution >= 0.6 is 0 Å². The third-order valence-electron chi connectivity index (χ3n) is 2.42. The fourth-order valence-corrected chi connectivity index (χ4v) is 1.49. The molecule has 1 heterocycles. The van der Waals surface area contributed by atoms with Crippen LogP contribution in [0.1, 0.15) is 20.3 Å². The van der Waals surface area contributed by atoms with Crippen LogP contribution in [0.2, 0.25) is 0 Å². The number of nitrogens with zero attached hydrogens (tertiary/aromatic N) is 1. The summed E-state index contributed by atoms with van der Waals surface area (Å²) in [6, 6.07) is 0. The lowest BCUT2D eigenvalue weighted by Gasteiger charge is -2.21. The van der Waals surface area contributed by atoms with E-state index in [0.29, 0.717) is 6.54 Å². The molecular weight excluding hydrogens is 188 g/mol. The lowest BCUT2D eigenvalue weighted by atomic mass is 10.1. The molecule has 0 unspecified atom stereocenters.